The summed E-state index contributed by atoms with van der Waals surface area (Å²) in [6, 6.07) is 22.3. The lowest BCUT2D eigenvalue weighted by Gasteiger charge is -2.46. The number of H-pyrrole nitrogens is 4. The van der Waals surface area contributed by atoms with E-state index in [9.17, 15) is 20.1 Å². The second kappa shape index (κ2) is 23.4. The van der Waals surface area contributed by atoms with E-state index in [-0.39, 0.29) is 62.2 Å². The van der Waals surface area contributed by atoms with Crippen molar-refractivity contribution in [3.63, 3.8) is 0 Å². The Bertz CT molecular complexity index is 4820. The van der Waals surface area contributed by atoms with Gasteiger partial charge in [0.1, 0.15) is 28.3 Å². The van der Waals surface area contributed by atoms with E-state index in [1.165, 1.54) is 5.70 Å². The molecule has 9 aromatic heterocycles. The molecule has 0 bridgehead atoms. The second-order valence-corrected chi connectivity index (χ2v) is 29.1. The first-order valence-electron chi connectivity index (χ1n) is 31.6. The zero-order valence-corrected chi connectivity index (χ0v) is 55.0. The van der Waals surface area contributed by atoms with Crippen LogP contribution in [0.15, 0.2) is 140 Å². The summed E-state index contributed by atoms with van der Waals surface area (Å²) in [5, 5.41) is 80.7. The number of imidazole rings is 2. The highest BCUT2D eigenvalue weighted by atomic mass is 16.3. The zero-order valence-electron chi connectivity index (χ0n) is 55.0. The molecule has 12 heterocycles. The Labute approximate surface area is 542 Å². The topological polar surface area (TPSA) is 321 Å². The molecule has 2 saturated heterocycles. The van der Waals surface area contributed by atoms with E-state index < -0.39 is 0 Å². The summed E-state index contributed by atoms with van der Waals surface area (Å²) in [6.45, 7) is 26.3. The van der Waals surface area contributed by atoms with E-state index >= 15 is 0 Å². The zero-order chi connectivity index (χ0) is 66.3. The Morgan fingerprint density at radius 2 is 0.968 bits per heavy atom. The molecular formula is C70H80N20O4. The molecule has 24 nitrogen and oxygen atoms in total. The van der Waals surface area contributed by atoms with Crippen LogP contribution in [0.3, 0.4) is 0 Å². The van der Waals surface area contributed by atoms with Crippen molar-refractivity contribution < 1.29 is 15.3 Å². The Morgan fingerprint density at radius 1 is 0.479 bits per heavy atom. The number of aromatic nitrogens is 17. The summed E-state index contributed by atoms with van der Waals surface area (Å²) < 4.78 is 6.01. The van der Waals surface area contributed by atoms with E-state index in [0.29, 0.717) is 51.0 Å². The number of rotatable bonds is 9. The summed E-state index contributed by atoms with van der Waals surface area (Å²) in [6.07, 6.45) is 22.8. The summed E-state index contributed by atoms with van der Waals surface area (Å²) in [5.41, 5.74) is 13.9. The molecule has 0 unspecified atom stereocenters. The van der Waals surface area contributed by atoms with Crippen LogP contribution in [0.25, 0.3) is 106 Å². The third-order valence-electron chi connectivity index (χ3n) is 17.7. The Balaban J connectivity index is 0.000000128. The lowest BCUT2D eigenvalue weighted by atomic mass is 9.79. The molecule has 24 heteroatoms. The molecule has 0 aliphatic carbocycles. The highest BCUT2D eigenvalue weighted by Gasteiger charge is 2.41. The summed E-state index contributed by atoms with van der Waals surface area (Å²) in [4.78, 5) is 30.0. The van der Waals surface area contributed by atoms with Crippen molar-refractivity contribution in [2.75, 3.05) is 0 Å². The van der Waals surface area contributed by atoms with E-state index in [2.05, 4.69) is 175 Å². The molecule has 484 valence electrons. The SMILES string of the molecule is CC1(C)C=C(n2ccc3nc(-c4ccc(-c5cn[nH]c5)cc4O)cnc32)CC(C)(C)N1.CC1(C)CC(n2c(=O)[nH]c3cc(-c4ccc(-c5cn[nH]c5)cc4O)nnc32)CC(C)(C)N1.CC1(C)CC(n2cnc3cc(-c4ccc(-c5cn[nH]c5)cc4O)nnc32)CC(C)(C)N1. The van der Waals surface area contributed by atoms with Gasteiger partial charge in [0, 0.05) is 116 Å². The standard InChI is InChI=1S/C24H26N6O.C23H27N7O2.C23H27N7O/c1-23(2)10-17(11-24(3,4)29-23)30-8-7-19-22(30)25-14-20(28-19)18-6-5-15(9-21(18)31)16-12-26-27-13-16;1-22(2)9-15(10-23(3,4)29-22)30-20-18(26-21(30)32)8-17(27-28-20)16-6-5-13(7-19(16)31)14-11-24-25-12-14;1-22(2)9-16(10-23(3,4)29-22)30-13-24-19-8-18(27-28-21(19)30)17-6-5-14(7-20(17)31)15-11-25-26-12-15/h5-10,12-14,29,31H,11H2,1-4H3,(H,26,27);5-8,11-12,15,29,31H,9-10H2,1-4H3,(H,24,25)(H,26,32);5-8,11-13,16,29,31H,9-10H2,1-4H3,(H,25,26). The highest BCUT2D eigenvalue weighted by molar-refractivity contribution is 5.83. The number of piperidine rings is 2. The van der Waals surface area contributed by atoms with Crippen LogP contribution in [-0.4, -0.2) is 133 Å². The fraction of sp³-hybridized carbons (Fsp3) is 0.357. The minimum absolute atomic E-state index is 0.00490. The number of fused-ring (bicyclic) bond motifs is 3. The summed E-state index contributed by atoms with van der Waals surface area (Å²) in [7, 11) is 0. The number of phenolic OH excluding ortho intramolecular Hbond substituents is 3. The van der Waals surface area contributed by atoms with Gasteiger partial charge in [-0.1, -0.05) is 18.2 Å². The van der Waals surface area contributed by atoms with E-state index in [4.69, 9.17) is 9.97 Å². The van der Waals surface area contributed by atoms with Gasteiger partial charge >= 0.3 is 5.69 Å². The van der Waals surface area contributed by atoms with Gasteiger partial charge < -0.3 is 45.4 Å². The van der Waals surface area contributed by atoms with Gasteiger partial charge in [0.15, 0.2) is 16.9 Å². The van der Waals surface area contributed by atoms with E-state index in [0.717, 1.165) is 87.8 Å². The number of benzene rings is 3. The van der Waals surface area contributed by atoms with Crippen LogP contribution in [0.2, 0.25) is 0 Å². The number of nitrogens with one attached hydrogen (secondary N) is 7. The third kappa shape index (κ3) is 13.0. The quantitative estimate of drug-likeness (QED) is 0.0642. The minimum atomic E-state index is -0.190. The maximum atomic E-state index is 12.9. The van der Waals surface area contributed by atoms with Crippen LogP contribution in [0, 0.1) is 0 Å². The maximum absolute atomic E-state index is 12.9. The monoisotopic (exact) mass is 1260 g/mol. The van der Waals surface area contributed by atoms with Crippen LogP contribution in [0.1, 0.15) is 127 Å². The lowest BCUT2D eigenvalue weighted by Crippen LogP contribution is -2.58. The number of phenols is 3. The largest absolute Gasteiger partial charge is 0.507 e. The van der Waals surface area contributed by atoms with Gasteiger partial charge in [0.25, 0.3) is 0 Å². The molecule has 3 aliphatic heterocycles. The first-order valence-corrected chi connectivity index (χ1v) is 31.6. The van der Waals surface area contributed by atoms with Gasteiger partial charge in [-0.05, 0) is 186 Å². The first-order chi connectivity index (χ1) is 44.5. The van der Waals surface area contributed by atoms with Crippen molar-refractivity contribution in [1.29, 1.82) is 0 Å². The average molecular weight is 1270 g/mol. The Kier molecular flexibility index (Phi) is 15.6. The number of hydrogen-bond acceptors (Lipinski definition) is 17. The molecule has 3 aromatic carbocycles. The second-order valence-electron chi connectivity index (χ2n) is 29.1. The molecule has 0 saturated carbocycles. The average Bonchev–Trinajstić information content (AvgIpc) is 1.58. The van der Waals surface area contributed by atoms with E-state index in [1.54, 1.807) is 78.3 Å². The first kappa shape index (κ1) is 62.6. The lowest BCUT2D eigenvalue weighted by molar-refractivity contribution is 0.132. The summed E-state index contributed by atoms with van der Waals surface area (Å²) in [5.74, 6) is 0.394. The molecule has 94 heavy (non-hydrogen) atoms. The van der Waals surface area contributed by atoms with Crippen molar-refractivity contribution in [2.24, 2.45) is 0 Å². The number of nitrogens with zero attached hydrogens (tertiary/aromatic N) is 13. The van der Waals surface area contributed by atoms with Gasteiger partial charge in [-0.2, -0.15) is 15.3 Å². The van der Waals surface area contributed by atoms with Crippen molar-refractivity contribution in [3.05, 3.63) is 145 Å². The molecule has 10 N–H and O–H groups in total. The predicted octanol–water partition coefficient (Wildman–Crippen LogP) is 12.0. The van der Waals surface area contributed by atoms with Crippen molar-refractivity contribution >= 4 is 39.2 Å². The molecule has 0 atom stereocenters. The molecule has 2 fully saturated rings. The summed E-state index contributed by atoms with van der Waals surface area (Å²) >= 11 is 0. The molecule has 0 amide bonds. The highest BCUT2D eigenvalue weighted by Crippen LogP contribution is 2.42. The number of hydrogen-bond donors (Lipinski definition) is 10. The number of aromatic amines is 4. The van der Waals surface area contributed by atoms with Gasteiger partial charge in [-0.25, -0.2) is 19.7 Å². The van der Waals surface area contributed by atoms with Crippen LogP contribution in [-0.2, 0) is 0 Å². The van der Waals surface area contributed by atoms with Crippen LogP contribution < -0.4 is 21.6 Å². The fourth-order valence-corrected chi connectivity index (χ4v) is 14.9. The van der Waals surface area contributed by atoms with Gasteiger partial charge in [0.2, 0.25) is 0 Å². The molecule has 12 aromatic rings. The van der Waals surface area contributed by atoms with Crippen LogP contribution in [0.5, 0.6) is 17.2 Å². The molecule has 0 radical (unpaired) electrons. The van der Waals surface area contributed by atoms with Crippen LogP contribution in [0.4, 0.5) is 0 Å². The van der Waals surface area contributed by atoms with Crippen LogP contribution >= 0.6 is 0 Å². The van der Waals surface area contributed by atoms with Crippen molar-refractivity contribution in [2.45, 2.75) is 161 Å². The van der Waals surface area contributed by atoms with Gasteiger partial charge in [-0.15, -0.1) is 20.4 Å². The maximum Gasteiger partial charge on any atom is 0.327 e. The molecule has 3 aliphatic rings. The molecule has 15 rings (SSSR count). The fourth-order valence-electron chi connectivity index (χ4n) is 14.9. The minimum Gasteiger partial charge on any atom is -0.507 e. The van der Waals surface area contributed by atoms with Gasteiger partial charge in [-0.3, -0.25) is 19.9 Å². The number of aromatic hydroxyl groups is 3. The van der Waals surface area contributed by atoms with E-state index in [1.807, 2.05) is 55.0 Å². The normalized spacial score (nSPS) is 18.1. The van der Waals surface area contributed by atoms with Crippen molar-refractivity contribution in [1.82, 2.24) is 101 Å². The molecular weight excluding hydrogens is 1180 g/mol. The van der Waals surface area contributed by atoms with Crippen molar-refractivity contribution in [3.8, 4) is 84.4 Å². The Hall–Kier alpha value is -10.2. The third-order valence-corrected chi connectivity index (χ3v) is 17.7. The molecule has 0 spiro atoms. The smallest absolute Gasteiger partial charge is 0.327 e. The van der Waals surface area contributed by atoms with Gasteiger partial charge in [0.05, 0.1) is 53.7 Å². The Morgan fingerprint density at radius 3 is 1.46 bits per heavy atom. The predicted molar refractivity (Wildman–Crippen MR) is 364 cm³/mol.